The molecule has 0 spiro atoms. The monoisotopic (exact) mass is 278 g/mol. The third-order valence-electron chi connectivity index (χ3n) is 3.64. The van der Waals surface area contributed by atoms with Crippen LogP contribution in [0.15, 0.2) is 12.1 Å². The zero-order chi connectivity index (χ0) is 14.0. The van der Waals surface area contributed by atoms with Crippen molar-refractivity contribution in [1.29, 1.82) is 0 Å². The molecule has 0 radical (unpaired) electrons. The van der Waals surface area contributed by atoms with Crippen molar-refractivity contribution in [3.63, 3.8) is 0 Å². The first-order valence-electron chi connectivity index (χ1n) is 6.64. The largest absolute Gasteiger partial charge is 0.389 e. The Kier molecular flexibility index (Phi) is 4.37. The van der Waals surface area contributed by atoms with E-state index in [4.69, 9.17) is 18.0 Å². The maximum atomic E-state index is 5.71. The van der Waals surface area contributed by atoms with Gasteiger partial charge in [0.25, 0.3) is 0 Å². The quantitative estimate of drug-likeness (QED) is 0.844. The minimum Gasteiger partial charge on any atom is -0.389 e. The maximum Gasteiger partial charge on any atom is 0.129 e. The fraction of sp³-hybridized carbons (Fsp3) is 0.571. The average molecular weight is 278 g/mol. The van der Waals surface area contributed by atoms with Crippen molar-refractivity contribution in [2.45, 2.75) is 13.3 Å². The van der Waals surface area contributed by atoms with Crippen LogP contribution in [0.1, 0.15) is 17.7 Å². The summed E-state index contributed by atoms with van der Waals surface area (Å²) in [6.45, 7) is 5.36. The molecule has 4 nitrogen and oxygen atoms in total. The summed E-state index contributed by atoms with van der Waals surface area (Å²) in [5.41, 5.74) is 7.56. The van der Waals surface area contributed by atoms with Gasteiger partial charge in [-0.2, -0.15) is 0 Å². The molecule has 0 aromatic carbocycles. The van der Waals surface area contributed by atoms with E-state index in [2.05, 4.69) is 28.9 Å². The Balaban J connectivity index is 2.10. The third kappa shape index (κ3) is 3.64. The fourth-order valence-corrected chi connectivity index (χ4v) is 2.76. The molecule has 2 rings (SSSR count). The molecule has 0 aliphatic carbocycles. The number of aromatic nitrogens is 1. The summed E-state index contributed by atoms with van der Waals surface area (Å²) < 4.78 is 0. The summed E-state index contributed by atoms with van der Waals surface area (Å²) >= 11 is 5.05. The summed E-state index contributed by atoms with van der Waals surface area (Å²) in [7, 11) is 4.26. The van der Waals surface area contributed by atoms with Gasteiger partial charge in [-0.3, -0.25) is 0 Å². The summed E-state index contributed by atoms with van der Waals surface area (Å²) in [5, 5.41) is 0. The SMILES string of the molecule is Cc1cc(C(N)=S)cc(N(C)CC2CCN(C)C2)n1. The smallest absolute Gasteiger partial charge is 0.129 e. The molecular weight excluding hydrogens is 256 g/mol. The molecule has 1 aromatic rings. The summed E-state index contributed by atoms with van der Waals surface area (Å²) in [6.07, 6.45) is 1.26. The Morgan fingerprint density at radius 3 is 2.89 bits per heavy atom. The first kappa shape index (κ1) is 14.2. The lowest BCUT2D eigenvalue weighted by molar-refractivity contribution is 0.395. The van der Waals surface area contributed by atoms with Gasteiger partial charge in [-0.1, -0.05) is 12.2 Å². The van der Waals surface area contributed by atoms with Crippen LogP contribution in [0.2, 0.25) is 0 Å². The van der Waals surface area contributed by atoms with Crippen molar-refractivity contribution < 1.29 is 0 Å². The molecule has 5 heteroatoms. The Bertz CT molecular complexity index is 475. The van der Waals surface area contributed by atoms with Gasteiger partial charge in [0, 0.05) is 31.4 Å². The molecule has 0 amide bonds. The van der Waals surface area contributed by atoms with E-state index in [9.17, 15) is 0 Å². The molecule has 0 saturated carbocycles. The molecule has 104 valence electrons. The number of aryl methyl sites for hydroxylation is 1. The molecular formula is C14H22N4S. The normalized spacial score (nSPS) is 19.6. The van der Waals surface area contributed by atoms with E-state index < -0.39 is 0 Å². The van der Waals surface area contributed by atoms with E-state index in [0.717, 1.165) is 30.2 Å². The Morgan fingerprint density at radius 2 is 2.32 bits per heavy atom. The van der Waals surface area contributed by atoms with Crippen LogP contribution in [-0.4, -0.2) is 48.6 Å². The van der Waals surface area contributed by atoms with Gasteiger partial charge in [0.1, 0.15) is 10.8 Å². The van der Waals surface area contributed by atoms with Crippen LogP contribution < -0.4 is 10.6 Å². The van der Waals surface area contributed by atoms with Crippen LogP contribution >= 0.6 is 12.2 Å². The number of thiocarbonyl (C=S) groups is 1. The summed E-state index contributed by atoms with van der Waals surface area (Å²) in [6, 6.07) is 3.91. The second-order valence-corrected chi connectivity index (χ2v) is 5.96. The molecule has 1 unspecified atom stereocenters. The standard InChI is InChI=1S/C14H22N4S/c1-10-6-12(14(15)19)7-13(16-10)18(3)9-11-4-5-17(2)8-11/h6-7,11H,4-5,8-9H2,1-3H3,(H2,15,19). The van der Waals surface area contributed by atoms with Gasteiger partial charge in [0.15, 0.2) is 0 Å². The van der Waals surface area contributed by atoms with Gasteiger partial charge in [0.2, 0.25) is 0 Å². The van der Waals surface area contributed by atoms with Crippen LogP contribution in [0, 0.1) is 12.8 Å². The maximum absolute atomic E-state index is 5.71. The predicted octanol–water partition coefficient (Wildman–Crippen LogP) is 1.41. The number of pyridine rings is 1. The number of nitrogens with two attached hydrogens (primary N) is 1. The molecule has 1 aliphatic rings. The van der Waals surface area contributed by atoms with Crippen LogP contribution in [0.4, 0.5) is 5.82 Å². The predicted molar refractivity (Wildman–Crippen MR) is 83.7 cm³/mol. The van der Waals surface area contributed by atoms with Crippen molar-refractivity contribution in [3.8, 4) is 0 Å². The lowest BCUT2D eigenvalue weighted by atomic mass is 10.1. The lowest BCUT2D eigenvalue weighted by Crippen LogP contribution is -2.28. The first-order valence-corrected chi connectivity index (χ1v) is 7.04. The Labute approximate surface area is 120 Å². The van der Waals surface area contributed by atoms with Crippen molar-refractivity contribution >= 4 is 23.0 Å². The minimum absolute atomic E-state index is 0.431. The summed E-state index contributed by atoms with van der Waals surface area (Å²) in [5.74, 6) is 1.67. The third-order valence-corrected chi connectivity index (χ3v) is 3.87. The van der Waals surface area contributed by atoms with Gasteiger partial charge >= 0.3 is 0 Å². The van der Waals surface area contributed by atoms with E-state index in [-0.39, 0.29) is 0 Å². The molecule has 19 heavy (non-hydrogen) atoms. The summed E-state index contributed by atoms with van der Waals surface area (Å²) in [4.78, 5) is 9.59. The van der Waals surface area contributed by atoms with Crippen LogP contribution in [0.5, 0.6) is 0 Å². The molecule has 0 bridgehead atoms. The Hall–Kier alpha value is -1.20. The highest BCUT2D eigenvalue weighted by molar-refractivity contribution is 7.80. The number of likely N-dealkylation sites (tertiary alicyclic amines) is 1. The highest BCUT2D eigenvalue weighted by Crippen LogP contribution is 2.19. The second-order valence-electron chi connectivity index (χ2n) is 5.52. The van der Waals surface area contributed by atoms with Crippen LogP contribution in [-0.2, 0) is 0 Å². The average Bonchev–Trinajstić information content (AvgIpc) is 2.73. The number of nitrogens with zero attached hydrogens (tertiary/aromatic N) is 3. The molecule has 1 aromatic heterocycles. The number of hydrogen-bond acceptors (Lipinski definition) is 4. The van der Waals surface area contributed by atoms with E-state index in [1.54, 1.807) is 0 Å². The number of anilines is 1. The minimum atomic E-state index is 0.431. The molecule has 2 N–H and O–H groups in total. The molecule has 1 atom stereocenters. The number of rotatable bonds is 4. The molecule has 1 saturated heterocycles. The zero-order valence-electron chi connectivity index (χ0n) is 11.9. The van der Waals surface area contributed by atoms with E-state index >= 15 is 0 Å². The van der Waals surface area contributed by atoms with Crippen molar-refractivity contribution in [1.82, 2.24) is 9.88 Å². The van der Waals surface area contributed by atoms with Crippen LogP contribution in [0.3, 0.4) is 0 Å². The van der Waals surface area contributed by atoms with Gasteiger partial charge in [-0.05, 0) is 45.0 Å². The van der Waals surface area contributed by atoms with E-state index in [1.165, 1.54) is 13.0 Å². The zero-order valence-corrected chi connectivity index (χ0v) is 12.7. The molecule has 1 fully saturated rings. The van der Waals surface area contributed by atoms with E-state index in [0.29, 0.717) is 10.9 Å². The van der Waals surface area contributed by atoms with E-state index in [1.807, 2.05) is 19.1 Å². The highest BCUT2D eigenvalue weighted by atomic mass is 32.1. The van der Waals surface area contributed by atoms with Gasteiger partial charge < -0.3 is 15.5 Å². The first-order chi connectivity index (χ1) is 8.95. The van der Waals surface area contributed by atoms with Crippen molar-refractivity contribution in [3.05, 3.63) is 23.4 Å². The highest BCUT2D eigenvalue weighted by Gasteiger charge is 2.21. The van der Waals surface area contributed by atoms with Crippen molar-refractivity contribution in [2.75, 3.05) is 38.6 Å². The second kappa shape index (κ2) is 5.84. The van der Waals surface area contributed by atoms with Gasteiger partial charge in [-0.25, -0.2) is 4.98 Å². The van der Waals surface area contributed by atoms with Gasteiger partial charge in [-0.15, -0.1) is 0 Å². The molecule has 1 aliphatic heterocycles. The molecule has 2 heterocycles. The fourth-order valence-electron chi connectivity index (χ4n) is 2.64. The van der Waals surface area contributed by atoms with Crippen molar-refractivity contribution in [2.24, 2.45) is 11.7 Å². The topological polar surface area (TPSA) is 45.4 Å². The number of hydrogen-bond donors (Lipinski definition) is 1. The lowest BCUT2D eigenvalue weighted by Gasteiger charge is -2.23. The van der Waals surface area contributed by atoms with Crippen LogP contribution in [0.25, 0.3) is 0 Å². The van der Waals surface area contributed by atoms with Gasteiger partial charge in [0.05, 0.1) is 0 Å². The Morgan fingerprint density at radius 1 is 1.58 bits per heavy atom.